The molecule has 1 heterocycles. The Morgan fingerprint density at radius 2 is 1.67 bits per heavy atom. The highest BCUT2D eigenvalue weighted by Crippen LogP contribution is 2.25. The van der Waals surface area contributed by atoms with E-state index in [9.17, 15) is 14.0 Å². The van der Waals surface area contributed by atoms with Gasteiger partial charge in [0.2, 0.25) is 11.8 Å². The SMILES string of the molecule is CCCCCN(CC(=O)N(Cc1cccn1Cc1ccc(F)cc1)C1CCCCC1)C(=O)CCCC. The Labute approximate surface area is 216 Å². The minimum Gasteiger partial charge on any atom is -0.345 e. The molecule has 1 aliphatic carbocycles. The summed E-state index contributed by atoms with van der Waals surface area (Å²) in [6.45, 7) is 6.23. The lowest BCUT2D eigenvalue weighted by atomic mass is 9.94. The number of amides is 2. The first-order valence-corrected chi connectivity index (χ1v) is 14.0. The summed E-state index contributed by atoms with van der Waals surface area (Å²) in [5.41, 5.74) is 2.08. The minimum absolute atomic E-state index is 0.0535. The standard InChI is InChI=1S/C30H44FN3O2/c1-3-5-10-20-33(29(35)15-6-4-2)24-30(36)34(27-12-8-7-9-13-27)23-28-14-11-21-32(28)22-25-16-18-26(31)19-17-25/h11,14,16-19,21,27H,3-10,12-13,15,20,22-24H2,1-2H3. The van der Waals surface area contributed by atoms with E-state index < -0.39 is 0 Å². The van der Waals surface area contributed by atoms with Crippen LogP contribution in [0.25, 0.3) is 0 Å². The Morgan fingerprint density at radius 1 is 0.944 bits per heavy atom. The Bertz CT molecular complexity index is 934. The van der Waals surface area contributed by atoms with Gasteiger partial charge in [0.05, 0.1) is 13.1 Å². The molecule has 0 aliphatic heterocycles. The number of unbranched alkanes of at least 4 members (excludes halogenated alkanes) is 3. The van der Waals surface area contributed by atoms with E-state index in [1.807, 2.05) is 17.2 Å². The van der Waals surface area contributed by atoms with Crippen LogP contribution in [0.3, 0.4) is 0 Å². The van der Waals surface area contributed by atoms with Crippen LogP contribution >= 0.6 is 0 Å². The molecule has 0 saturated heterocycles. The Balaban J connectivity index is 1.75. The van der Waals surface area contributed by atoms with Crippen molar-refractivity contribution in [1.29, 1.82) is 0 Å². The number of halogens is 1. The maximum Gasteiger partial charge on any atom is 0.242 e. The third-order valence-corrected chi connectivity index (χ3v) is 7.31. The molecule has 36 heavy (non-hydrogen) atoms. The van der Waals surface area contributed by atoms with Crippen molar-refractivity contribution < 1.29 is 14.0 Å². The molecule has 6 heteroatoms. The van der Waals surface area contributed by atoms with E-state index in [4.69, 9.17) is 0 Å². The van der Waals surface area contributed by atoms with E-state index in [2.05, 4.69) is 24.5 Å². The van der Waals surface area contributed by atoms with Crippen LogP contribution in [0.5, 0.6) is 0 Å². The van der Waals surface area contributed by atoms with Gasteiger partial charge in [-0.2, -0.15) is 0 Å². The lowest BCUT2D eigenvalue weighted by molar-refractivity contribution is -0.143. The van der Waals surface area contributed by atoms with Gasteiger partial charge in [-0.05, 0) is 55.5 Å². The normalized spacial score (nSPS) is 14.1. The lowest BCUT2D eigenvalue weighted by Gasteiger charge is -2.36. The number of aromatic nitrogens is 1. The molecule has 0 N–H and O–H groups in total. The van der Waals surface area contributed by atoms with Crippen LogP contribution in [0.15, 0.2) is 42.6 Å². The summed E-state index contributed by atoms with van der Waals surface area (Å²) < 4.78 is 15.5. The van der Waals surface area contributed by atoms with E-state index in [1.54, 1.807) is 17.0 Å². The Morgan fingerprint density at radius 3 is 2.36 bits per heavy atom. The largest absolute Gasteiger partial charge is 0.345 e. The van der Waals surface area contributed by atoms with Crippen LogP contribution in [0, 0.1) is 5.82 Å². The maximum atomic E-state index is 13.8. The third-order valence-electron chi connectivity index (χ3n) is 7.31. The molecule has 1 aliphatic rings. The average molecular weight is 498 g/mol. The molecule has 1 aromatic heterocycles. The van der Waals surface area contributed by atoms with E-state index in [0.717, 1.165) is 69.0 Å². The molecular weight excluding hydrogens is 453 g/mol. The van der Waals surface area contributed by atoms with Crippen LogP contribution in [-0.4, -0.2) is 45.3 Å². The fourth-order valence-electron chi connectivity index (χ4n) is 5.11. The predicted octanol–water partition coefficient (Wildman–Crippen LogP) is 6.55. The first-order valence-electron chi connectivity index (χ1n) is 14.0. The highest BCUT2D eigenvalue weighted by atomic mass is 19.1. The molecule has 0 unspecified atom stereocenters. The summed E-state index contributed by atoms with van der Waals surface area (Å²) >= 11 is 0. The smallest absolute Gasteiger partial charge is 0.242 e. The number of hydrogen-bond donors (Lipinski definition) is 0. The van der Waals surface area contributed by atoms with E-state index in [0.29, 0.717) is 26.1 Å². The first-order chi connectivity index (χ1) is 17.5. The van der Waals surface area contributed by atoms with Gasteiger partial charge in [-0.15, -0.1) is 0 Å². The Hall–Kier alpha value is -2.63. The average Bonchev–Trinajstić information content (AvgIpc) is 3.33. The highest BCUT2D eigenvalue weighted by Gasteiger charge is 2.28. The zero-order valence-corrected chi connectivity index (χ0v) is 22.3. The summed E-state index contributed by atoms with van der Waals surface area (Å²) in [6, 6.07) is 10.9. The lowest BCUT2D eigenvalue weighted by Crippen LogP contribution is -2.47. The molecule has 0 spiro atoms. The number of hydrogen-bond acceptors (Lipinski definition) is 2. The molecule has 2 amide bonds. The summed E-state index contributed by atoms with van der Waals surface area (Å²) in [7, 11) is 0. The van der Waals surface area contributed by atoms with Crippen molar-refractivity contribution in [3.8, 4) is 0 Å². The summed E-state index contributed by atoms with van der Waals surface area (Å²) in [4.78, 5) is 30.6. The number of rotatable bonds is 14. The Kier molecular flexibility index (Phi) is 11.5. The summed E-state index contributed by atoms with van der Waals surface area (Å²) in [6.07, 6.45) is 13.0. The second kappa shape index (κ2) is 14.8. The molecule has 0 radical (unpaired) electrons. The first kappa shape index (κ1) is 27.9. The number of benzene rings is 1. The molecule has 0 atom stereocenters. The van der Waals surface area contributed by atoms with Gasteiger partial charge in [-0.3, -0.25) is 9.59 Å². The topological polar surface area (TPSA) is 45.6 Å². The van der Waals surface area contributed by atoms with Crippen molar-refractivity contribution in [3.63, 3.8) is 0 Å². The van der Waals surface area contributed by atoms with Crippen LogP contribution in [-0.2, 0) is 22.7 Å². The van der Waals surface area contributed by atoms with Gasteiger partial charge < -0.3 is 14.4 Å². The van der Waals surface area contributed by atoms with Gasteiger partial charge in [0.15, 0.2) is 0 Å². The van der Waals surface area contributed by atoms with Crippen molar-refractivity contribution in [2.75, 3.05) is 13.1 Å². The fourth-order valence-corrected chi connectivity index (χ4v) is 5.11. The number of carbonyl (C=O) groups excluding carboxylic acids is 2. The third kappa shape index (κ3) is 8.49. The van der Waals surface area contributed by atoms with E-state index in [-0.39, 0.29) is 30.2 Å². The molecule has 5 nitrogen and oxygen atoms in total. The van der Waals surface area contributed by atoms with Crippen molar-refractivity contribution in [2.45, 2.75) is 104 Å². The van der Waals surface area contributed by atoms with Crippen molar-refractivity contribution >= 4 is 11.8 Å². The summed E-state index contributed by atoms with van der Waals surface area (Å²) in [5, 5.41) is 0. The van der Waals surface area contributed by atoms with Gasteiger partial charge in [0.25, 0.3) is 0 Å². The number of nitrogens with zero attached hydrogens (tertiary/aromatic N) is 3. The van der Waals surface area contributed by atoms with Crippen LogP contribution < -0.4 is 0 Å². The highest BCUT2D eigenvalue weighted by molar-refractivity contribution is 5.85. The molecule has 198 valence electrons. The van der Waals surface area contributed by atoms with Gasteiger partial charge in [-0.1, -0.05) is 64.5 Å². The number of carbonyl (C=O) groups is 2. The molecule has 2 aromatic rings. The van der Waals surface area contributed by atoms with E-state index >= 15 is 0 Å². The molecule has 1 fully saturated rings. The monoisotopic (exact) mass is 497 g/mol. The van der Waals surface area contributed by atoms with Gasteiger partial charge in [0, 0.05) is 37.4 Å². The molecule has 3 rings (SSSR count). The van der Waals surface area contributed by atoms with Crippen LogP contribution in [0.1, 0.15) is 95.7 Å². The molecular formula is C30H44FN3O2. The second-order valence-corrected chi connectivity index (χ2v) is 10.2. The quantitative estimate of drug-likeness (QED) is 0.278. The predicted molar refractivity (Wildman–Crippen MR) is 143 cm³/mol. The molecule has 0 bridgehead atoms. The molecule has 1 aromatic carbocycles. The van der Waals surface area contributed by atoms with Crippen molar-refractivity contribution in [3.05, 3.63) is 59.7 Å². The zero-order valence-electron chi connectivity index (χ0n) is 22.3. The fraction of sp³-hybridized carbons (Fsp3) is 0.600. The van der Waals surface area contributed by atoms with Crippen LogP contribution in [0.4, 0.5) is 4.39 Å². The van der Waals surface area contributed by atoms with Gasteiger partial charge >= 0.3 is 0 Å². The second-order valence-electron chi connectivity index (χ2n) is 10.2. The van der Waals surface area contributed by atoms with E-state index in [1.165, 1.54) is 18.6 Å². The summed E-state index contributed by atoms with van der Waals surface area (Å²) in [5.74, 6) is -0.0834. The van der Waals surface area contributed by atoms with Gasteiger partial charge in [0.1, 0.15) is 5.82 Å². The van der Waals surface area contributed by atoms with Gasteiger partial charge in [-0.25, -0.2) is 4.39 Å². The zero-order chi connectivity index (χ0) is 25.8. The van der Waals surface area contributed by atoms with Crippen molar-refractivity contribution in [1.82, 2.24) is 14.4 Å². The molecule has 1 saturated carbocycles. The minimum atomic E-state index is -0.238. The van der Waals surface area contributed by atoms with Crippen LogP contribution in [0.2, 0.25) is 0 Å². The maximum absolute atomic E-state index is 13.8. The van der Waals surface area contributed by atoms with Crippen molar-refractivity contribution in [2.24, 2.45) is 0 Å².